The van der Waals surface area contributed by atoms with Crippen molar-refractivity contribution < 1.29 is 99.2 Å². The monoisotopic (exact) mass is 1820 g/mol. The van der Waals surface area contributed by atoms with Crippen molar-refractivity contribution in [1.82, 2.24) is 21.3 Å². The standard InChI is InChI=1S/C37H48N2O7.C34H43FN2O7.C34H46N2O6/c1-41-20-6-23-45-35-24-28(11-16-33(35)39-19-5-10-37(39)40)26-46-36-25-38-18-17-32(36)29-12-14-31(15-13-29)44-22-7-21-43-27-30-8-3-4-9-34(30)42-2;1-39-31-7-4-3-6-27(31)24-41-18-5-19-42-29-12-9-25(10-13-29)30-15-16-36-23-33(30)44-21-20-43-32-22-28(35)11-8-26(32)14-17-37-34(38)40-2;1-35-31-15-10-26(22-33(31)41-21-6-18-37-2)24-42-34-23-36-17-16-30(34)27-11-13-29(14-12-27)40-20-7-19-39-25-28-8-4-5-9-32(28)38-3/h3-4,8-9,11-16,24,32,36,38H,5-7,10,17-23,25-27H2,1-2H3;3-4,6-13,22,30,33,36H,5,14-21,23-24H2,1-2H3,(H,37,38);4-5,8-15,22,30,34-36H,6-7,16-21,23-25H2,1-3H3/t32-,36+;30-,33+;30-,34+/m111/s1. The number of benzene rings is 9. The van der Waals surface area contributed by atoms with E-state index in [1.807, 2.05) is 121 Å². The summed E-state index contributed by atoms with van der Waals surface area (Å²) in [5.74, 6) is 7.70. The van der Waals surface area contributed by atoms with E-state index in [4.69, 9.17) is 80.5 Å². The van der Waals surface area contributed by atoms with Crippen molar-refractivity contribution in [3.8, 4) is 51.7 Å². The van der Waals surface area contributed by atoms with Crippen LogP contribution in [0.3, 0.4) is 0 Å². The van der Waals surface area contributed by atoms with E-state index in [0.29, 0.717) is 137 Å². The quantitative estimate of drug-likeness (QED) is 0.0222. The van der Waals surface area contributed by atoms with Crippen molar-refractivity contribution >= 4 is 23.4 Å². The summed E-state index contributed by atoms with van der Waals surface area (Å²) in [4.78, 5) is 25.6. The highest BCUT2D eigenvalue weighted by Crippen LogP contribution is 2.38. The van der Waals surface area contributed by atoms with Crippen molar-refractivity contribution in [2.75, 3.05) is 192 Å². The van der Waals surface area contributed by atoms with E-state index >= 15 is 0 Å². The number of para-hydroxylation sites is 3. The van der Waals surface area contributed by atoms with Gasteiger partial charge in [0, 0.05) is 146 Å². The van der Waals surface area contributed by atoms with E-state index in [1.54, 1.807) is 41.6 Å². The Labute approximate surface area is 779 Å². The number of carbonyl (C=O) groups is 2. The molecule has 26 nitrogen and oxygen atoms in total. The molecule has 132 heavy (non-hydrogen) atoms. The number of methoxy groups -OCH3 is 6. The van der Waals surface area contributed by atoms with Crippen LogP contribution in [0.2, 0.25) is 0 Å². The molecule has 0 aliphatic carbocycles. The fourth-order valence-corrected chi connectivity index (χ4v) is 16.3. The zero-order valence-corrected chi connectivity index (χ0v) is 78.0. The van der Waals surface area contributed by atoms with E-state index in [2.05, 4.69) is 104 Å². The summed E-state index contributed by atoms with van der Waals surface area (Å²) in [5, 5.41) is 16.2. The molecule has 9 aromatic rings. The average molecular weight is 1820 g/mol. The summed E-state index contributed by atoms with van der Waals surface area (Å²) >= 11 is 0. The molecule has 13 rings (SSSR count). The Morgan fingerprint density at radius 3 is 1.27 bits per heavy atom. The molecule has 0 spiro atoms. The van der Waals surface area contributed by atoms with Crippen LogP contribution in [0.1, 0.15) is 132 Å². The van der Waals surface area contributed by atoms with E-state index in [-0.39, 0.29) is 48.5 Å². The number of halogens is 1. The predicted molar refractivity (Wildman–Crippen MR) is 509 cm³/mol. The molecule has 4 heterocycles. The molecule has 4 aliphatic heterocycles. The average Bonchev–Trinajstić information content (AvgIpc) is 1.38. The maximum atomic E-state index is 13.9. The lowest BCUT2D eigenvalue weighted by molar-refractivity contribution is -0.117. The smallest absolute Gasteiger partial charge is 0.406 e. The van der Waals surface area contributed by atoms with Gasteiger partial charge in [0.1, 0.15) is 64.2 Å². The van der Waals surface area contributed by atoms with Crippen LogP contribution < -0.4 is 74.1 Å². The second-order valence-electron chi connectivity index (χ2n) is 32.5. The van der Waals surface area contributed by atoms with Gasteiger partial charge in [0.15, 0.2) is 0 Å². The molecule has 0 saturated carbocycles. The molecular formula is C105H137FN6O20. The molecule has 4 aliphatic rings. The van der Waals surface area contributed by atoms with Crippen molar-refractivity contribution in [3.63, 3.8) is 0 Å². The molecule has 4 saturated heterocycles. The molecule has 27 heteroatoms. The molecule has 4 fully saturated rings. The normalized spacial score (nSPS) is 17.0. The molecule has 0 aromatic heterocycles. The number of alkyl carbamates (subject to hydrolysis) is 1. The minimum absolute atomic E-state index is 0.0178. The second kappa shape index (κ2) is 58.3. The first kappa shape index (κ1) is 102. The van der Waals surface area contributed by atoms with Crippen LogP contribution in [-0.4, -0.2) is 212 Å². The van der Waals surface area contributed by atoms with Crippen LogP contribution in [0, 0.1) is 5.82 Å². The molecule has 0 bridgehead atoms. The molecule has 9 aromatic carbocycles. The minimum Gasteiger partial charge on any atom is -0.496 e. The molecular weight excluding hydrogens is 1680 g/mol. The summed E-state index contributed by atoms with van der Waals surface area (Å²) < 4.78 is 118. The number of piperidine rings is 3. The Bertz CT molecular complexity index is 4790. The third-order valence-corrected chi connectivity index (χ3v) is 23.3. The third-order valence-electron chi connectivity index (χ3n) is 23.3. The fourth-order valence-electron chi connectivity index (χ4n) is 16.3. The second-order valence-corrected chi connectivity index (χ2v) is 32.5. The highest BCUT2D eigenvalue weighted by molar-refractivity contribution is 5.96. The Morgan fingerprint density at radius 2 is 0.833 bits per heavy atom. The topological polar surface area (TPSA) is 264 Å². The Kier molecular flexibility index (Phi) is 44.9. The molecule has 2 amide bonds. The lowest BCUT2D eigenvalue weighted by Crippen LogP contribution is -2.41. The number of hydrogen-bond acceptors (Lipinski definition) is 24. The first-order chi connectivity index (χ1) is 64.9. The third kappa shape index (κ3) is 33.7. The summed E-state index contributed by atoms with van der Waals surface area (Å²) in [6.07, 6.45) is 8.53. The van der Waals surface area contributed by atoms with Crippen LogP contribution in [0.25, 0.3) is 0 Å². The van der Waals surface area contributed by atoms with Gasteiger partial charge in [-0.3, -0.25) is 4.79 Å². The van der Waals surface area contributed by atoms with E-state index < -0.39 is 6.09 Å². The maximum Gasteiger partial charge on any atom is 0.406 e. The Morgan fingerprint density at radius 1 is 0.409 bits per heavy atom. The van der Waals surface area contributed by atoms with Crippen molar-refractivity contribution in [2.24, 2.45) is 0 Å². The van der Waals surface area contributed by atoms with Gasteiger partial charge in [-0.15, -0.1) is 0 Å². The first-order valence-electron chi connectivity index (χ1n) is 46.4. The van der Waals surface area contributed by atoms with Crippen LogP contribution >= 0.6 is 0 Å². The number of amides is 2. The van der Waals surface area contributed by atoms with E-state index in [0.717, 1.165) is 194 Å². The molecule has 0 unspecified atom stereocenters. The summed E-state index contributed by atoms with van der Waals surface area (Å²) in [6, 6.07) is 65.5. The number of nitrogens with zero attached hydrogens (tertiary/aromatic N) is 1. The van der Waals surface area contributed by atoms with Gasteiger partial charge in [0.2, 0.25) is 5.91 Å². The van der Waals surface area contributed by atoms with E-state index in [1.165, 1.54) is 35.9 Å². The fraction of sp³-hybridized carbons (Fsp3) is 0.467. The summed E-state index contributed by atoms with van der Waals surface area (Å²) in [7, 11) is 11.6. The van der Waals surface area contributed by atoms with Crippen molar-refractivity contribution in [3.05, 3.63) is 256 Å². The lowest BCUT2D eigenvalue weighted by Gasteiger charge is -2.32. The number of hydrogen-bond donors (Lipinski definition) is 5. The van der Waals surface area contributed by atoms with Gasteiger partial charge in [-0.25, -0.2) is 9.18 Å². The first-order valence-corrected chi connectivity index (χ1v) is 46.4. The lowest BCUT2D eigenvalue weighted by atomic mass is 9.87. The SMILES string of the molecule is CNc1ccc(CO[C@H]2CNCC[C@@H]2c2ccc(OCCCOCc3ccccc3OC)cc2)cc1OCCCOC.COC(=O)NCCc1ccc(F)cc1OCCO[C@H]1CNCC[C@@H]1c1ccc(OCCCOCc2ccccc2OC)cc1.COCCCOc1cc(CO[C@H]2CNCC[C@@H]2c2ccc(OCCCOCc3ccccc3OC)cc2)ccc1N1CCCC1=O. The molecule has 0 radical (unpaired) electrons. The van der Waals surface area contributed by atoms with Gasteiger partial charge in [0.25, 0.3) is 0 Å². The van der Waals surface area contributed by atoms with Crippen LogP contribution in [0.4, 0.5) is 20.6 Å². The Hall–Kier alpha value is -10.8. The number of rotatable bonds is 53. The zero-order chi connectivity index (χ0) is 92.4. The highest BCUT2D eigenvalue weighted by atomic mass is 19.1. The Balaban J connectivity index is 0.000000191. The summed E-state index contributed by atoms with van der Waals surface area (Å²) in [5.41, 5.74) is 11.6. The van der Waals surface area contributed by atoms with Crippen molar-refractivity contribution in [2.45, 2.75) is 140 Å². The van der Waals surface area contributed by atoms with Gasteiger partial charge >= 0.3 is 6.09 Å². The van der Waals surface area contributed by atoms with Gasteiger partial charge in [-0.2, -0.15) is 0 Å². The van der Waals surface area contributed by atoms with Gasteiger partial charge in [-0.1, -0.05) is 109 Å². The van der Waals surface area contributed by atoms with E-state index in [9.17, 15) is 14.0 Å². The molecule has 6 atom stereocenters. The molecule has 714 valence electrons. The largest absolute Gasteiger partial charge is 0.496 e. The minimum atomic E-state index is -0.511. The number of anilines is 2. The maximum absolute atomic E-state index is 13.9. The number of nitrogens with one attached hydrogen (secondary N) is 5. The van der Waals surface area contributed by atoms with Gasteiger partial charge < -0.3 is 117 Å². The van der Waals surface area contributed by atoms with Crippen LogP contribution in [-0.2, 0) is 86.9 Å². The van der Waals surface area contributed by atoms with Crippen LogP contribution in [0.5, 0.6) is 51.7 Å². The van der Waals surface area contributed by atoms with Crippen molar-refractivity contribution in [1.29, 1.82) is 0 Å². The molecule has 5 N–H and O–H groups in total. The number of carbonyl (C=O) groups excluding carboxylic acids is 2. The highest BCUT2D eigenvalue weighted by Gasteiger charge is 2.32. The zero-order valence-electron chi connectivity index (χ0n) is 78.0. The van der Waals surface area contributed by atoms with Gasteiger partial charge in [-0.05, 0) is 170 Å². The summed E-state index contributed by atoms with van der Waals surface area (Å²) in [6.45, 7) is 15.5. The predicted octanol–water partition coefficient (Wildman–Crippen LogP) is 16.9. The van der Waals surface area contributed by atoms with Gasteiger partial charge in [0.05, 0.1) is 151 Å². The van der Waals surface area contributed by atoms with Crippen LogP contribution in [0.15, 0.2) is 200 Å². The number of ether oxygens (including phenoxy) is 18.